The fraction of sp³-hybridized carbons (Fsp3) is 0.0357. The summed E-state index contributed by atoms with van der Waals surface area (Å²) >= 11 is 34.5. The molecule has 9 aromatic carbocycles. The van der Waals surface area contributed by atoms with Gasteiger partial charge in [0.05, 0.1) is 16.4 Å². The molecular weight excluding hydrogens is 1000 g/mol. The molecule has 0 N–H and O–H groups in total. The second-order valence-electron chi connectivity index (χ2n) is 14.6. The quantitative estimate of drug-likeness (QED) is 0.126. The average Bonchev–Trinajstić information content (AvgIpc) is 3.31. The molecule has 0 aliphatic heterocycles. The lowest BCUT2D eigenvalue weighted by molar-refractivity contribution is 1.14. The van der Waals surface area contributed by atoms with Crippen LogP contribution in [0.5, 0.6) is 0 Å². The molecule has 0 saturated carbocycles. The minimum absolute atomic E-state index is 0.597. The summed E-state index contributed by atoms with van der Waals surface area (Å²) < 4.78 is 1.18. The SMILES string of the molecule is Clc1c(Cc2ccccc2)cccc1Cc1ccccc1.Clc1cccc(I)c1.Clc1cccc(N(c2ccccc2)c2cccc(N(c3ccccc3)c3cccc(Cl)c3)c2Cl)c1. The first kappa shape index (κ1) is 46.7. The second kappa shape index (κ2) is 23.6. The van der Waals surface area contributed by atoms with Crippen LogP contribution in [0.25, 0.3) is 0 Å². The molecule has 0 spiro atoms. The van der Waals surface area contributed by atoms with Crippen LogP contribution in [0.2, 0.25) is 25.1 Å². The van der Waals surface area contributed by atoms with Gasteiger partial charge < -0.3 is 9.80 Å². The van der Waals surface area contributed by atoms with Crippen LogP contribution >= 0.6 is 80.6 Å². The predicted octanol–water partition coefficient (Wildman–Crippen LogP) is 19.1. The summed E-state index contributed by atoms with van der Waals surface area (Å²) in [5, 5.41) is 3.60. The first-order valence-electron chi connectivity index (χ1n) is 20.5. The van der Waals surface area contributed by atoms with E-state index < -0.39 is 0 Å². The predicted molar refractivity (Wildman–Crippen MR) is 285 cm³/mol. The Hall–Kier alpha value is -5.24. The van der Waals surface area contributed by atoms with Gasteiger partial charge in [-0.25, -0.2) is 0 Å². The van der Waals surface area contributed by atoms with Crippen molar-refractivity contribution in [1.82, 2.24) is 0 Å². The molecule has 0 saturated heterocycles. The van der Waals surface area contributed by atoms with Gasteiger partial charge in [-0.05, 0) is 149 Å². The fourth-order valence-corrected chi connectivity index (χ4v) is 8.93. The number of halogens is 6. The van der Waals surface area contributed by atoms with Crippen molar-refractivity contribution in [1.29, 1.82) is 0 Å². The van der Waals surface area contributed by atoms with Crippen LogP contribution in [0.3, 0.4) is 0 Å². The highest BCUT2D eigenvalue weighted by atomic mass is 127. The van der Waals surface area contributed by atoms with Crippen molar-refractivity contribution in [2.75, 3.05) is 9.80 Å². The molecule has 0 amide bonds. The summed E-state index contributed by atoms with van der Waals surface area (Å²) in [6.45, 7) is 0. The van der Waals surface area contributed by atoms with Crippen molar-refractivity contribution in [2.45, 2.75) is 12.8 Å². The first-order valence-corrected chi connectivity index (χ1v) is 23.5. The number of benzene rings is 9. The van der Waals surface area contributed by atoms with Crippen molar-refractivity contribution in [2.24, 2.45) is 0 Å². The summed E-state index contributed by atoms with van der Waals surface area (Å²) in [5.41, 5.74) is 10.4. The zero-order valence-electron chi connectivity index (χ0n) is 34.5. The topological polar surface area (TPSA) is 6.48 Å². The van der Waals surface area contributed by atoms with Gasteiger partial charge in [-0.1, -0.05) is 198 Å². The number of hydrogen-bond donors (Lipinski definition) is 0. The molecule has 0 unspecified atom stereocenters. The van der Waals surface area contributed by atoms with Gasteiger partial charge in [0.2, 0.25) is 0 Å². The fourth-order valence-electron chi connectivity index (χ4n) is 7.09. The Labute approximate surface area is 415 Å². The maximum Gasteiger partial charge on any atom is 0.0887 e. The summed E-state index contributed by atoms with van der Waals surface area (Å²) in [4.78, 5) is 4.22. The number of hydrogen-bond acceptors (Lipinski definition) is 2. The summed E-state index contributed by atoms with van der Waals surface area (Å²) in [5.74, 6) is 0. The number of anilines is 6. The van der Waals surface area contributed by atoms with Gasteiger partial charge in [0.1, 0.15) is 0 Å². The molecule has 9 aromatic rings. The van der Waals surface area contributed by atoms with Crippen LogP contribution < -0.4 is 9.80 Å². The second-order valence-corrected chi connectivity index (χ2v) is 17.9. The van der Waals surface area contributed by atoms with Crippen molar-refractivity contribution in [3.05, 3.63) is 281 Å². The van der Waals surface area contributed by atoms with E-state index in [9.17, 15) is 0 Å². The molecule has 0 fully saturated rings. The lowest BCUT2D eigenvalue weighted by Crippen LogP contribution is -2.14. The molecule has 9 rings (SSSR count). The van der Waals surface area contributed by atoms with E-state index in [1.54, 1.807) is 0 Å². The zero-order chi connectivity index (χ0) is 44.7. The molecule has 0 radical (unpaired) electrons. The van der Waals surface area contributed by atoms with Crippen LogP contribution in [0.1, 0.15) is 22.3 Å². The Bertz CT molecular complexity index is 2680. The molecule has 0 atom stereocenters. The highest BCUT2D eigenvalue weighted by molar-refractivity contribution is 14.1. The molecule has 318 valence electrons. The van der Waals surface area contributed by atoms with Gasteiger partial charge in [-0.15, -0.1) is 0 Å². The van der Waals surface area contributed by atoms with E-state index in [1.165, 1.54) is 25.8 Å². The van der Waals surface area contributed by atoms with Crippen molar-refractivity contribution >= 4 is 115 Å². The normalized spacial score (nSPS) is 10.5. The largest absolute Gasteiger partial charge is 0.309 e. The molecule has 0 bridgehead atoms. The summed E-state index contributed by atoms with van der Waals surface area (Å²) in [6.07, 6.45) is 1.75. The van der Waals surface area contributed by atoms with Crippen LogP contribution in [-0.2, 0) is 12.8 Å². The highest BCUT2D eigenvalue weighted by Crippen LogP contribution is 2.47. The summed E-state index contributed by atoms with van der Waals surface area (Å²) in [6, 6.07) is 76.7. The highest BCUT2D eigenvalue weighted by Gasteiger charge is 2.22. The third kappa shape index (κ3) is 12.9. The van der Waals surface area contributed by atoms with Gasteiger partial charge in [0.25, 0.3) is 0 Å². The number of rotatable bonds is 10. The van der Waals surface area contributed by atoms with Crippen LogP contribution in [0.15, 0.2) is 231 Å². The average molecular weight is 1050 g/mol. The van der Waals surface area contributed by atoms with E-state index in [0.29, 0.717) is 15.1 Å². The Morgan fingerprint density at radius 3 is 1.03 bits per heavy atom. The molecule has 2 nitrogen and oxygen atoms in total. The molecular formula is C56H42Cl5IN2. The minimum atomic E-state index is 0.597. The lowest BCUT2D eigenvalue weighted by Gasteiger charge is -2.31. The number of nitrogens with zero attached hydrogens (tertiary/aromatic N) is 2. The zero-order valence-corrected chi connectivity index (χ0v) is 40.5. The maximum absolute atomic E-state index is 7.23. The van der Waals surface area contributed by atoms with E-state index in [4.69, 9.17) is 58.0 Å². The first-order chi connectivity index (χ1) is 31.2. The molecule has 0 aromatic heterocycles. The smallest absolute Gasteiger partial charge is 0.0887 e. The Balaban J connectivity index is 0.000000177. The standard InChI is InChI=1S/C30H21Cl3N2.C20H17Cl.C6H4ClI/c31-22-10-7-16-26(20-22)34(24-12-3-1-4-13-24)28-18-9-19-29(30(28)33)35(25-14-5-2-6-15-25)27-17-8-11-23(32)21-27;21-20-18(14-16-8-3-1-4-9-16)12-7-13-19(20)15-17-10-5-2-6-11-17;7-5-2-1-3-6(8)4-5/h1-21H;1-13H,14-15H2;1-4H. The van der Waals surface area contributed by atoms with Crippen molar-refractivity contribution in [3.8, 4) is 0 Å². The van der Waals surface area contributed by atoms with Crippen LogP contribution in [0, 0.1) is 3.57 Å². The number of para-hydroxylation sites is 2. The Morgan fingerprint density at radius 2 is 0.656 bits per heavy atom. The van der Waals surface area contributed by atoms with Gasteiger partial charge in [0.15, 0.2) is 0 Å². The van der Waals surface area contributed by atoms with E-state index >= 15 is 0 Å². The summed E-state index contributed by atoms with van der Waals surface area (Å²) in [7, 11) is 0. The van der Waals surface area contributed by atoms with Crippen LogP contribution in [0.4, 0.5) is 34.1 Å². The molecule has 0 heterocycles. The Morgan fingerprint density at radius 1 is 0.312 bits per heavy atom. The third-order valence-corrected chi connectivity index (χ3v) is 12.3. The van der Waals surface area contributed by atoms with E-state index in [1.807, 2.05) is 140 Å². The van der Waals surface area contributed by atoms with Crippen LogP contribution in [-0.4, -0.2) is 0 Å². The van der Waals surface area contributed by atoms with Gasteiger partial charge >= 0.3 is 0 Å². The van der Waals surface area contributed by atoms with Gasteiger partial charge in [0, 0.05) is 46.4 Å². The van der Waals surface area contributed by atoms with Gasteiger partial charge in [-0.2, -0.15) is 0 Å². The third-order valence-electron chi connectivity index (χ3n) is 10.0. The molecule has 0 aliphatic rings. The Kier molecular flexibility index (Phi) is 17.3. The molecule has 0 aliphatic carbocycles. The van der Waals surface area contributed by atoms with Crippen molar-refractivity contribution < 1.29 is 0 Å². The van der Waals surface area contributed by atoms with E-state index in [2.05, 4.69) is 123 Å². The van der Waals surface area contributed by atoms with E-state index in [-0.39, 0.29) is 0 Å². The minimum Gasteiger partial charge on any atom is -0.309 e. The molecule has 8 heteroatoms. The monoisotopic (exact) mass is 1040 g/mol. The molecule has 64 heavy (non-hydrogen) atoms. The van der Waals surface area contributed by atoms with Crippen molar-refractivity contribution in [3.63, 3.8) is 0 Å². The van der Waals surface area contributed by atoms with Gasteiger partial charge in [-0.3, -0.25) is 0 Å². The maximum atomic E-state index is 7.23. The lowest BCUT2D eigenvalue weighted by atomic mass is 9.99. The van der Waals surface area contributed by atoms with E-state index in [0.717, 1.165) is 57.0 Å².